The van der Waals surface area contributed by atoms with E-state index in [-0.39, 0.29) is 6.04 Å². The van der Waals surface area contributed by atoms with E-state index in [0.717, 1.165) is 17.0 Å². The molecule has 0 saturated heterocycles. The Balaban J connectivity index is 1.98. The van der Waals surface area contributed by atoms with Gasteiger partial charge in [-0.2, -0.15) is 0 Å². The zero-order chi connectivity index (χ0) is 13.8. The summed E-state index contributed by atoms with van der Waals surface area (Å²) in [5.41, 5.74) is 2.13. The molecule has 0 spiro atoms. The smallest absolute Gasteiger partial charge is 0.120 e. The first kappa shape index (κ1) is 14.4. The van der Waals surface area contributed by atoms with E-state index in [1.807, 2.05) is 19.1 Å². The molecular formula is C17H27NO. The van der Waals surface area contributed by atoms with Crippen molar-refractivity contribution in [1.82, 2.24) is 5.32 Å². The van der Waals surface area contributed by atoms with Gasteiger partial charge < -0.3 is 10.4 Å². The summed E-state index contributed by atoms with van der Waals surface area (Å²) in [6.07, 6.45) is 6.57. The van der Waals surface area contributed by atoms with Crippen molar-refractivity contribution in [1.29, 1.82) is 0 Å². The summed E-state index contributed by atoms with van der Waals surface area (Å²) in [5.74, 6) is 1.30. The molecule has 0 heterocycles. The van der Waals surface area contributed by atoms with Crippen LogP contribution in [0.4, 0.5) is 0 Å². The van der Waals surface area contributed by atoms with Crippen molar-refractivity contribution in [3.8, 4) is 5.75 Å². The molecule has 19 heavy (non-hydrogen) atoms. The fourth-order valence-corrected chi connectivity index (χ4v) is 3.28. The Morgan fingerprint density at radius 3 is 2.84 bits per heavy atom. The lowest BCUT2D eigenvalue weighted by Gasteiger charge is -2.31. The van der Waals surface area contributed by atoms with E-state index in [2.05, 4.69) is 25.2 Å². The zero-order valence-corrected chi connectivity index (χ0v) is 12.4. The van der Waals surface area contributed by atoms with E-state index in [4.69, 9.17) is 0 Å². The minimum Gasteiger partial charge on any atom is -0.508 e. The Morgan fingerprint density at radius 1 is 1.37 bits per heavy atom. The summed E-state index contributed by atoms with van der Waals surface area (Å²) in [6.45, 7) is 6.46. The predicted molar refractivity (Wildman–Crippen MR) is 80.4 cm³/mol. The summed E-state index contributed by atoms with van der Waals surface area (Å²) in [7, 11) is 0. The molecule has 0 amide bonds. The summed E-state index contributed by atoms with van der Waals surface area (Å²) in [6, 6.07) is 6.80. The van der Waals surface area contributed by atoms with Gasteiger partial charge in [0.25, 0.3) is 0 Å². The molecule has 3 unspecified atom stereocenters. The second-order valence-corrected chi connectivity index (χ2v) is 6.09. The molecule has 3 atom stereocenters. The highest BCUT2D eigenvalue weighted by Gasteiger charge is 2.22. The molecule has 1 aliphatic rings. The van der Waals surface area contributed by atoms with Gasteiger partial charge in [0.2, 0.25) is 0 Å². The fourth-order valence-electron chi connectivity index (χ4n) is 3.28. The molecule has 2 heteroatoms. The van der Waals surface area contributed by atoms with Crippen molar-refractivity contribution in [2.75, 3.05) is 0 Å². The van der Waals surface area contributed by atoms with E-state index in [0.29, 0.717) is 11.8 Å². The average molecular weight is 261 g/mol. The minimum atomic E-state index is 0.223. The van der Waals surface area contributed by atoms with Crippen LogP contribution in [-0.4, -0.2) is 11.1 Å². The lowest BCUT2D eigenvalue weighted by molar-refractivity contribution is 0.264. The number of phenols is 1. The van der Waals surface area contributed by atoms with Gasteiger partial charge in [-0.05, 0) is 44.2 Å². The lowest BCUT2D eigenvalue weighted by atomic mass is 9.84. The van der Waals surface area contributed by atoms with Gasteiger partial charge in [-0.1, -0.05) is 38.3 Å². The predicted octanol–water partition coefficient (Wildman–Crippen LogP) is 4.32. The first-order chi connectivity index (χ1) is 9.10. The maximum Gasteiger partial charge on any atom is 0.120 e. The van der Waals surface area contributed by atoms with Crippen LogP contribution in [0.3, 0.4) is 0 Å². The Bertz CT molecular complexity index is 416. The fraction of sp³-hybridized carbons (Fsp3) is 0.647. The van der Waals surface area contributed by atoms with Crippen LogP contribution in [0.25, 0.3) is 0 Å². The van der Waals surface area contributed by atoms with E-state index >= 15 is 0 Å². The average Bonchev–Trinajstić information content (AvgIpc) is 2.38. The molecule has 2 nitrogen and oxygen atoms in total. The van der Waals surface area contributed by atoms with Crippen molar-refractivity contribution in [3.63, 3.8) is 0 Å². The van der Waals surface area contributed by atoms with Crippen LogP contribution in [0.5, 0.6) is 5.75 Å². The van der Waals surface area contributed by atoms with E-state index in [9.17, 15) is 5.11 Å². The summed E-state index contributed by atoms with van der Waals surface area (Å²) in [5, 5.41) is 13.7. The number of hydrogen-bond acceptors (Lipinski definition) is 2. The maximum atomic E-state index is 10.0. The van der Waals surface area contributed by atoms with Crippen LogP contribution in [-0.2, 0) is 0 Å². The first-order valence-electron chi connectivity index (χ1n) is 7.65. The summed E-state index contributed by atoms with van der Waals surface area (Å²) in [4.78, 5) is 0. The molecule has 0 aromatic heterocycles. The molecule has 0 bridgehead atoms. The number of benzene rings is 1. The van der Waals surface area contributed by atoms with E-state index < -0.39 is 0 Å². The van der Waals surface area contributed by atoms with Crippen molar-refractivity contribution >= 4 is 0 Å². The van der Waals surface area contributed by atoms with Crippen LogP contribution < -0.4 is 5.32 Å². The van der Waals surface area contributed by atoms with Crippen molar-refractivity contribution in [3.05, 3.63) is 29.3 Å². The van der Waals surface area contributed by atoms with Gasteiger partial charge in [-0.15, -0.1) is 0 Å². The quantitative estimate of drug-likeness (QED) is 0.846. The molecule has 0 aliphatic heterocycles. The van der Waals surface area contributed by atoms with Crippen molar-refractivity contribution < 1.29 is 5.11 Å². The van der Waals surface area contributed by atoms with Gasteiger partial charge in [0.1, 0.15) is 5.75 Å². The number of aromatic hydroxyl groups is 1. The largest absolute Gasteiger partial charge is 0.508 e. The van der Waals surface area contributed by atoms with Crippen LogP contribution in [0.1, 0.15) is 63.1 Å². The Labute approximate surface area is 117 Å². The number of nitrogens with one attached hydrogen (secondary N) is 1. The summed E-state index contributed by atoms with van der Waals surface area (Å²) < 4.78 is 0. The first-order valence-corrected chi connectivity index (χ1v) is 7.65. The Hall–Kier alpha value is -1.02. The number of rotatable bonds is 4. The van der Waals surface area contributed by atoms with Crippen molar-refractivity contribution in [2.45, 2.75) is 65.0 Å². The highest BCUT2D eigenvalue weighted by atomic mass is 16.3. The normalized spacial score (nSPS) is 25.2. The van der Waals surface area contributed by atoms with Crippen LogP contribution in [0.2, 0.25) is 0 Å². The number of phenolic OH excluding ortho intramolecular Hbond substituents is 1. The van der Waals surface area contributed by atoms with Gasteiger partial charge in [-0.25, -0.2) is 0 Å². The molecule has 1 fully saturated rings. The second-order valence-electron chi connectivity index (χ2n) is 6.09. The monoisotopic (exact) mass is 261 g/mol. The summed E-state index contributed by atoms with van der Waals surface area (Å²) >= 11 is 0. The van der Waals surface area contributed by atoms with E-state index in [1.54, 1.807) is 0 Å². The SMILES string of the molecule is CCC1CCCC(NC(C)c2ccc(C)cc2O)C1. The number of aryl methyl sites for hydroxylation is 1. The molecule has 1 aromatic rings. The maximum absolute atomic E-state index is 10.0. The molecule has 1 aromatic carbocycles. The van der Waals surface area contributed by atoms with Gasteiger partial charge in [0.05, 0.1) is 0 Å². The molecule has 2 N–H and O–H groups in total. The molecule has 1 aliphatic carbocycles. The number of hydrogen-bond donors (Lipinski definition) is 2. The third kappa shape index (κ3) is 3.73. The third-order valence-electron chi connectivity index (χ3n) is 4.50. The van der Waals surface area contributed by atoms with Gasteiger partial charge >= 0.3 is 0 Å². The third-order valence-corrected chi connectivity index (χ3v) is 4.50. The molecule has 1 saturated carbocycles. The van der Waals surface area contributed by atoms with Crippen LogP contribution in [0, 0.1) is 12.8 Å². The minimum absolute atomic E-state index is 0.223. The van der Waals surface area contributed by atoms with Gasteiger partial charge in [0, 0.05) is 17.6 Å². The highest BCUT2D eigenvalue weighted by Crippen LogP contribution is 2.30. The standard InChI is InChI=1S/C17H27NO/c1-4-14-6-5-7-15(11-14)18-13(3)16-9-8-12(2)10-17(16)19/h8-10,13-15,18-19H,4-7,11H2,1-3H3. The molecule has 0 radical (unpaired) electrons. The van der Waals surface area contributed by atoms with Gasteiger partial charge in [-0.3, -0.25) is 0 Å². The molecule has 2 rings (SSSR count). The Kier molecular flexibility index (Phi) is 4.87. The highest BCUT2D eigenvalue weighted by molar-refractivity contribution is 5.37. The second kappa shape index (κ2) is 6.42. The van der Waals surface area contributed by atoms with Crippen molar-refractivity contribution in [2.24, 2.45) is 5.92 Å². The van der Waals surface area contributed by atoms with Gasteiger partial charge in [0.15, 0.2) is 0 Å². The Morgan fingerprint density at radius 2 is 2.16 bits per heavy atom. The molecule has 106 valence electrons. The molecular weight excluding hydrogens is 234 g/mol. The zero-order valence-electron chi connectivity index (χ0n) is 12.4. The lowest BCUT2D eigenvalue weighted by Crippen LogP contribution is -2.35. The van der Waals surface area contributed by atoms with E-state index in [1.165, 1.54) is 32.1 Å². The topological polar surface area (TPSA) is 32.3 Å². The van der Waals surface area contributed by atoms with Crippen LogP contribution in [0.15, 0.2) is 18.2 Å². The van der Waals surface area contributed by atoms with Crippen LogP contribution >= 0.6 is 0 Å².